The van der Waals surface area contributed by atoms with E-state index in [-0.39, 0.29) is 11.1 Å². The highest BCUT2D eigenvalue weighted by atomic mass is 19.1. The number of hydrogen-bond acceptors (Lipinski definition) is 5. The Kier molecular flexibility index (Phi) is 4.15. The third-order valence-electron chi connectivity index (χ3n) is 5.26. The third kappa shape index (κ3) is 2.68. The molecular formula is C19H20FN3O4. The highest BCUT2D eigenvalue weighted by Gasteiger charge is 2.29. The number of carbonyl (C=O) groups is 1. The van der Waals surface area contributed by atoms with Crippen molar-refractivity contribution >= 4 is 28.3 Å². The van der Waals surface area contributed by atoms with Crippen molar-refractivity contribution in [3.63, 3.8) is 0 Å². The fourth-order valence-corrected chi connectivity index (χ4v) is 3.74. The number of halogens is 1. The van der Waals surface area contributed by atoms with E-state index in [9.17, 15) is 14.7 Å². The summed E-state index contributed by atoms with van der Waals surface area (Å²) < 4.78 is 22.3. The molecule has 2 aliphatic heterocycles. The smallest absolute Gasteiger partial charge is 0.341 e. The van der Waals surface area contributed by atoms with Crippen molar-refractivity contribution < 1.29 is 19.0 Å². The molecule has 0 bridgehead atoms. The number of nitrogens with zero attached hydrogens (tertiary/aromatic N) is 3. The average Bonchev–Trinajstić information content (AvgIpc) is 2.66. The van der Waals surface area contributed by atoms with Gasteiger partial charge in [-0.25, -0.2) is 9.18 Å². The summed E-state index contributed by atoms with van der Waals surface area (Å²) >= 11 is 0. The van der Waals surface area contributed by atoms with Gasteiger partial charge in [0.05, 0.1) is 11.1 Å². The summed E-state index contributed by atoms with van der Waals surface area (Å²) in [4.78, 5) is 28.2. The normalized spacial score (nSPS) is 17.0. The first-order chi connectivity index (χ1) is 12.9. The molecule has 27 heavy (non-hydrogen) atoms. The van der Waals surface area contributed by atoms with Crippen molar-refractivity contribution in [2.75, 3.05) is 37.6 Å². The minimum Gasteiger partial charge on any atom is -0.477 e. The number of allylic oxidation sites excluding steroid dienone is 1. The molecule has 4 rings (SSSR count). The van der Waals surface area contributed by atoms with E-state index in [2.05, 4.69) is 11.8 Å². The predicted octanol–water partition coefficient (Wildman–Crippen LogP) is 2.19. The summed E-state index contributed by atoms with van der Waals surface area (Å²) in [6.07, 6.45) is 2.73. The maximum absolute atomic E-state index is 15.0. The zero-order chi connectivity index (χ0) is 19.3. The first kappa shape index (κ1) is 17.5. The topological polar surface area (TPSA) is 75.0 Å². The summed E-state index contributed by atoms with van der Waals surface area (Å²) in [5.74, 6) is -1.66. The second-order valence-electron chi connectivity index (χ2n) is 6.78. The van der Waals surface area contributed by atoms with Crippen LogP contribution in [0.5, 0.6) is 5.75 Å². The molecule has 0 unspecified atom stereocenters. The zero-order valence-corrected chi connectivity index (χ0v) is 15.2. The number of benzene rings is 1. The van der Waals surface area contributed by atoms with Crippen molar-refractivity contribution in [1.82, 2.24) is 9.47 Å². The molecule has 142 valence electrons. The number of carboxylic acid groups (broad SMARTS) is 1. The number of carboxylic acids is 1. The van der Waals surface area contributed by atoms with Crippen LogP contribution in [0.3, 0.4) is 0 Å². The van der Waals surface area contributed by atoms with Gasteiger partial charge in [0.15, 0.2) is 11.6 Å². The van der Waals surface area contributed by atoms with Crippen molar-refractivity contribution in [2.24, 2.45) is 0 Å². The number of pyridine rings is 1. The van der Waals surface area contributed by atoms with Crippen molar-refractivity contribution in [1.29, 1.82) is 0 Å². The molecule has 2 aliphatic rings. The molecule has 1 fully saturated rings. The van der Waals surface area contributed by atoms with Gasteiger partial charge >= 0.3 is 5.97 Å². The highest BCUT2D eigenvalue weighted by Crippen LogP contribution is 2.41. The van der Waals surface area contributed by atoms with Crippen LogP contribution in [-0.4, -0.2) is 53.3 Å². The second kappa shape index (κ2) is 6.38. The SMILES string of the molecule is CCN1CCN(c2c(F)cc3c(=O)c(C(=O)O)cn4c3c2OC=C4C)CC1. The second-order valence-corrected chi connectivity index (χ2v) is 6.78. The Hall–Kier alpha value is -2.87. The molecule has 0 aliphatic carbocycles. The van der Waals surface area contributed by atoms with Crippen LogP contribution in [0, 0.1) is 5.82 Å². The number of ether oxygens (including phenoxy) is 1. The Morgan fingerprint density at radius 2 is 2.00 bits per heavy atom. The maximum Gasteiger partial charge on any atom is 0.341 e. The summed E-state index contributed by atoms with van der Waals surface area (Å²) in [7, 11) is 0. The largest absolute Gasteiger partial charge is 0.477 e. The molecule has 0 atom stereocenters. The maximum atomic E-state index is 15.0. The van der Waals surface area contributed by atoms with Crippen LogP contribution < -0.4 is 15.1 Å². The van der Waals surface area contributed by atoms with Crippen molar-refractivity contribution in [3.05, 3.63) is 40.1 Å². The zero-order valence-electron chi connectivity index (χ0n) is 15.2. The number of aromatic nitrogens is 1. The highest BCUT2D eigenvalue weighted by molar-refractivity contribution is 5.99. The quantitative estimate of drug-likeness (QED) is 0.889. The van der Waals surface area contributed by atoms with Gasteiger partial charge in [0.25, 0.3) is 0 Å². The van der Waals surface area contributed by atoms with Gasteiger partial charge in [-0.05, 0) is 19.5 Å². The average molecular weight is 373 g/mol. The summed E-state index contributed by atoms with van der Waals surface area (Å²) in [6.45, 7) is 7.68. The molecule has 2 aromatic rings. The van der Waals surface area contributed by atoms with Crippen LogP contribution in [0.25, 0.3) is 16.6 Å². The summed E-state index contributed by atoms with van der Waals surface area (Å²) in [5.41, 5.74) is 0.224. The molecular weight excluding hydrogens is 353 g/mol. The lowest BCUT2D eigenvalue weighted by Crippen LogP contribution is -2.46. The first-order valence-corrected chi connectivity index (χ1v) is 8.88. The molecule has 7 nitrogen and oxygen atoms in total. The Morgan fingerprint density at radius 1 is 1.30 bits per heavy atom. The predicted molar refractivity (Wildman–Crippen MR) is 100 cm³/mol. The molecule has 1 aromatic heterocycles. The lowest BCUT2D eigenvalue weighted by Gasteiger charge is -2.37. The summed E-state index contributed by atoms with van der Waals surface area (Å²) in [5, 5.41) is 9.33. The van der Waals surface area contributed by atoms with Crippen LogP contribution in [0.4, 0.5) is 10.1 Å². The molecule has 0 amide bonds. The molecule has 8 heteroatoms. The molecule has 0 spiro atoms. The van der Waals surface area contributed by atoms with Crippen molar-refractivity contribution in [3.8, 4) is 5.75 Å². The molecule has 0 radical (unpaired) electrons. The van der Waals surface area contributed by atoms with E-state index >= 15 is 4.39 Å². The van der Waals surface area contributed by atoms with E-state index in [1.165, 1.54) is 12.5 Å². The van der Waals surface area contributed by atoms with Gasteiger partial charge in [-0.1, -0.05) is 6.92 Å². The van der Waals surface area contributed by atoms with Gasteiger partial charge in [0.1, 0.15) is 23.0 Å². The number of anilines is 1. The van der Waals surface area contributed by atoms with Gasteiger partial charge in [-0.15, -0.1) is 0 Å². The number of likely N-dealkylation sites (N-methyl/N-ethyl adjacent to an activating group) is 1. The van der Waals surface area contributed by atoms with E-state index in [1.807, 2.05) is 4.90 Å². The molecule has 1 aromatic carbocycles. The van der Waals surface area contributed by atoms with Gasteiger partial charge in [0.2, 0.25) is 5.43 Å². The van der Waals surface area contributed by atoms with E-state index in [4.69, 9.17) is 4.74 Å². The fraction of sp³-hybridized carbons (Fsp3) is 0.368. The Bertz CT molecular complexity index is 1040. The Morgan fingerprint density at radius 3 is 2.63 bits per heavy atom. The van der Waals surface area contributed by atoms with E-state index in [0.717, 1.165) is 25.7 Å². The van der Waals surface area contributed by atoms with Gasteiger partial charge in [-0.2, -0.15) is 0 Å². The minimum atomic E-state index is -1.34. The van der Waals surface area contributed by atoms with Crippen LogP contribution >= 0.6 is 0 Å². The Labute approximate surface area is 154 Å². The van der Waals surface area contributed by atoms with Crippen LogP contribution in [0.1, 0.15) is 24.2 Å². The van der Waals surface area contributed by atoms with Gasteiger partial charge < -0.3 is 24.2 Å². The molecule has 0 saturated carbocycles. The molecule has 1 saturated heterocycles. The number of rotatable bonds is 3. The van der Waals surface area contributed by atoms with Crippen LogP contribution in [0.15, 0.2) is 23.3 Å². The molecule has 1 N–H and O–H groups in total. The van der Waals surface area contributed by atoms with E-state index in [0.29, 0.717) is 30.0 Å². The standard InChI is InChI=1S/C19H20FN3O4/c1-3-21-4-6-22(7-5-21)16-14(20)8-12-15-18(16)27-10-11(2)23(15)9-13(17(12)24)19(25)26/h8-10H,3-7H2,1-2H3,(H,25,26). The fourth-order valence-electron chi connectivity index (χ4n) is 3.74. The van der Waals surface area contributed by atoms with E-state index in [1.54, 1.807) is 11.5 Å². The third-order valence-corrected chi connectivity index (χ3v) is 5.26. The molecule has 3 heterocycles. The lowest BCUT2D eigenvalue weighted by atomic mass is 10.1. The van der Waals surface area contributed by atoms with Crippen LogP contribution in [-0.2, 0) is 0 Å². The lowest BCUT2D eigenvalue weighted by molar-refractivity contribution is 0.0695. The Balaban J connectivity index is 1.95. The van der Waals surface area contributed by atoms with Crippen molar-refractivity contribution in [2.45, 2.75) is 13.8 Å². The van der Waals surface area contributed by atoms with Crippen LogP contribution in [0.2, 0.25) is 0 Å². The number of hydrogen-bond donors (Lipinski definition) is 1. The van der Waals surface area contributed by atoms with Gasteiger partial charge in [-0.3, -0.25) is 4.79 Å². The summed E-state index contributed by atoms with van der Waals surface area (Å²) in [6, 6.07) is 1.13. The monoisotopic (exact) mass is 373 g/mol. The minimum absolute atomic E-state index is 0.00536. The van der Waals surface area contributed by atoms with Gasteiger partial charge in [0, 0.05) is 32.4 Å². The first-order valence-electron chi connectivity index (χ1n) is 8.88. The number of piperazine rings is 1. The van der Waals surface area contributed by atoms with E-state index < -0.39 is 22.8 Å². The number of aromatic carboxylic acids is 1.